The molecule has 0 bridgehead atoms. The van der Waals surface area contributed by atoms with Gasteiger partial charge in [-0.15, -0.1) is 0 Å². The fourth-order valence-corrected chi connectivity index (χ4v) is 3.36. The van der Waals surface area contributed by atoms with Crippen LogP contribution in [0.15, 0.2) is 55.0 Å². The largest absolute Gasteiger partial charge is 0.353 e. The number of rotatable bonds is 4. The van der Waals surface area contributed by atoms with E-state index in [0.717, 1.165) is 54.6 Å². The Labute approximate surface area is 170 Å². The Morgan fingerprint density at radius 1 is 0.897 bits per heavy atom. The van der Waals surface area contributed by atoms with Crippen LogP contribution in [0, 0.1) is 13.8 Å². The van der Waals surface area contributed by atoms with Gasteiger partial charge in [0, 0.05) is 38.1 Å². The molecule has 3 aromatic rings. The molecule has 1 aliphatic heterocycles. The molecule has 0 saturated carbocycles. The fraction of sp³-hybridized carbons (Fsp3) is 0.273. The molecule has 1 aliphatic rings. The van der Waals surface area contributed by atoms with E-state index in [1.165, 1.54) is 0 Å². The molecule has 4 rings (SSSR count). The topological polar surface area (TPSA) is 74.2 Å². The maximum atomic E-state index is 12.5. The van der Waals surface area contributed by atoms with Crippen LogP contribution in [0.4, 0.5) is 17.3 Å². The number of anilines is 3. The number of aryl methyl sites for hydroxylation is 2. The molecule has 1 N–H and O–H groups in total. The second kappa shape index (κ2) is 8.26. The lowest BCUT2D eigenvalue weighted by atomic mass is 10.1. The number of nitrogens with zero attached hydrogens (tertiary/aromatic N) is 5. The second-order valence-corrected chi connectivity index (χ2v) is 7.19. The maximum absolute atomic E-state index is 12.5. The van der Waals surface area contributed by atoms with Gasteiger partial charge in [-0.1, -0.05) is 18.2 Å². The molecule has 3 heterocycles. The summed E-state index contributed by atoms with van der Waals surface area (Å²) >= 11 is 0. The quantitative estimate of drug-likeness (QED) is 0.740. The SMILES string of the molecule is Cc1ccc(C)c(NC(=O)c2cnc(N3CCN(c4ccccn4)CC3)cn2)c1. The van der Waals surface area contributed by atoms with E-state index in [4.69, 9.17) is 0 Å². The van der Waals surface area contributed by atoms with Gasteiger partial charge in [0.05, 0.1) is 12.4 Å². The van der Waals surface area contributed by atoms with E-state index < -0.39 is 0 Å². The summed E-state index contributed by atoms with van der Waals surface area (Å²) in [7, 11) is 0. The van der Waals surface area contributed by atoms with E-state index in [2.05, 4.69) is 30.1 Å². The van der Waals surface area contributed by atoms with Crippen molar-refractivity contribution in [2.24, 2.45) is 0 Å². The normalized spacial score (nSPS) is 14.0. The smallest absolute Gasteiger partial charge is 0.275 e. The summed E-state index contributed by atoms with van der Waals surface area (Å²) in [5.41, 5.74) is 3.21. The lowest BCUT2D eigenvalue weighted by Gasteiger charge is -2.35. The van der Waals surface area contributed by atoms with E-state index in [0.29, 0.717) is 5.69 Å². The number of benzene rings is 1. The Bertz CT molecular complexity index is 982. The minimum Gasteiger partial charge on any atom is -0.353 e. The van der Waals surface area contributed by atoms with Crippen molar-refractivity contribution < 1.29 is 4.79 Å². The molecule has 0 aliphatic carbocycles. The van der Waals surface area contributed by atoms with Gasteiger partial charge in [0.25, 0.3) is 5.91 Å². The van der Waals surface area contributed by atoms with Crippen LogP contribution in [0.3, 0.4) is 0 Å². The van der Waals surface area contributed by atoms with Crippen molar-refractivity contribution in [2.45, 2.75) is 13.8 Å². The van der Waals surface area contributed by atoms with Crippen LogP contribution < -0.4 is 15.1 Å². The molecule has 2 aromatic heterocycles. The molecule has 1 aromatic carbocycles. The average molecular weight is 388 g/mol. The molecule has 0 unspecified atom stereocenters. The van der Waals surface area contributed by atoms with Gasteiger partial charge in [0.2, 0.25) is 0 Å². The zero-order valence-electron chi connectivity index (χ0n) is 16.7. The molecule has 148 valence electrons. The third-order valence-corrected chi connectivity index (χ3v) is 5.09. The van der Waals surface area contributed by atoms with Crippen LogP contribution >= 0.6 is 0 Å². The Balaban J connectivity index is 1.38. The third kappa shape index (κ3) is 4.34. The molecule has 7 nitrogen and oxygen atoms in total. The standard InChI is InChI=1S/C22H24N6O/c1-16-6-7-17(2)18(13-16)26-22(29)19-14-25-21(15-24-19)28-11-9-27(10-12-28)20-5-3-4-8-23-20/h3-8,13-15H,9-12H2,1-2H3,(H,26,29). The van der Waals surface area contributed by atoms with Gasteiger partial charge in [0.1, 0.15) is 17.3 Å². The van der Waals surface area contributed by atoms with Crippen molar-refractivity contribution in [2.75, 3.05) is 41.3 Å². The van der Waals surface area contributed by atoms with E-state index in [1.54, 1.807) is 12.4 Å². The Hall–Kier alpha value is -3.48. The van der Waals surface area contributed by atoms with E-state index in [-0.39, 0.29) is 5.91 Å². The summed E-state index contributed by atoms with van der Waals surface area (Å²) in [6, 6.07) is 11.9. The highest BCUT2D eigenvalue weighted by molar-refractivity contribution is 6.03. The van der Waals surface area contributed by atoms with Gasteiger partial charge in [0.15, 0.2) is 0 Å². The highest BCUT2D eigenvalue weighted by Crippen LogP contribution is 2.19. The van der Waals surface area contributed by atoms with Gasteiger partial charge < -0.3 is 15.1 Å². The van der Waals surface area contributed by atoms with Crippen LogP contribution in [0.25, 0.3) is 0 Å². The number of amides is 1. The molecule has 0 spiro atoms. The Morgan fingerprint density at radius 3 is 2.31 bits per heavy atom. The first-order chi connectivity index (χ1) is 14.1. The zero-order chi connectivity index (χ0) is 20.2. The maximum Gasteiger partial charge on any atom is 0.275 e. The molecule has 29 heavy (non-hydrogen) atoms. The number of carbonyl (C=O) groups excluding carboxylic acids is 1. The van der Waals surface area contributed by atoms with Crippen molar-refractivity contribution in [1.82, 2.24) is 15.0 Å². The lowest BCUT2D eigenvalue weighted by Crippen LogP contribution is -2.47. The first kappa shape index (κ1) is 18.9. The molecular weight excluding hydrogens is 364 g/mol. The van der Waals surface area contributed by atoms with Gasteiger partial charge >= 0.3 is 0 Å². The predicted molar refractivity (Wildman–Crippen MR) is 115 cm³/mol. The number of hydrogen-bond acceptors (Lipinski definition) is 6. The zero-order valence-corrected chi connectivity index (χ0v) is 16.7. The summed E-state index contributed by atoms with van der Waals surface area (Å²) in [5.74, 6) is 1.53. The van der Waals surface area contributed by atoms with Crippen molar-refractivity contribution >= 4 is 23.2 Å². The van der Waals surface area contributed by atoms with Crippen LogP contribution in [0.5, 0.6) is 0 Å². The first-order valence-corrected chi connectivity index (χ1v) is 9.72. The fourth-order valence-electron chi connectivity index (χ4n) is 3.36. The number of nitrogens with one attached hydrogen (secondary N) is 1. The molecular formula is C22H24N6O. The van der Waals surface area contributed by atoms with E-state index >= 15 is 0 Å². The summed E-state index contributed by atoms with van der Waals surface area (Å²) in [6.45, 7) is 7.37. The molecule has 7 heteroatoms. The van der Waals surface area contributed by atoms with Gasteiger partial charge in [-0.2, -0.15) is 0 Å². The van der Waals surface area contributed by atoms with Gasteiger partial charge in [-0.3, -0.25) is 4.79 Å². The van der Waals surface area contributed by atoms with E-state index in [9.17, 15) is 4.79 Å². The van der Waals surface area contributed by atoms with Crippen LogP contribution in [0.1, 0.15) is 21.6 Å². The second-order valence-electron chi connectivity index (χ2n) is 7.19. The van der Waals surface area contributed by atoms with E-state index in [1.807, 2.05) is 56.4 Å². The van der Waals surface area contributed by atoms with Crippen LogP contribution in [-0.2, 0) is 0 Å². The number of aromatic nitrogens is 3. The number of carbonyl (C=O) groups is 1. The van der Waals surface area contributed by atoms with Crippen LogP contribution in [-0.4, -0.2) is 47.0 Å². The van der Waals surface area contributed by atoms with Crippen molar-refractivity contribution in [3.05, 3.63) is 71.8 Å². The number of hydrogen-bond donors (Lipinski definition) is 1. The molecule has 1 fully saturated rings. The predicted octanol–water partition coefficient (Wildman–Crippen LogP) is 3.07. The summed E-state index contributed by atoms with van der Waals surface area (Å²) in [4.78, 5) is 30.2. The lowest BCUT2D eigenvalue weighted by molar-refractivity contribution is 0.102. The van der Waals surface area contributed by atoms with Crippen molar-refractivity contribution in [1.29, 1.82) is 0 Å². The number of piperazine rings is 1. The highest BCUT2D eigenvalue weighted by atomic mass is 16.1. The average Bonchev–Trinajstić information content (AvgIpc) is 2.77. The summed E-state index contributed by atoms with van der Waals surface area (Å²) in [5, 5.41) is 2.92. The summed E-state index contributed by atoms with van der Waals surface area (Å²) < 4.78 is 0. The Kier molecular flexibility index (Phi) is 5.37. The molecule has 0 radical (unpaired) electrons. The number of pyridine rings is 1. The minimum absolute atomic E-state index is 0.252. The highest BCUT2D eigenvalue weighted by Gasteiger charge is 2.19. The van der Waals surface area contributed by atoms with Gasteiger partial charge in [-0.05, 0) is 43.2 Å². The first-order valence-electron chi connectivity index (χ1n) is 9.72. The monoisotopic (exact) mass is 388 g/mol. The third-order valence-electron chi connectivity index (χ3n) is 5.09. The molecule has 0 atom stereocenters. The summed E-state index contributed by atoms with van der Waals surface area (Å²) in [6.07, 6.45) is 5.03. The van der Waals surface area contributed by atoms with Crippen LogP contribution in [0.2, 0.25) is 0 Å². The van der Waals surface area contributed by atoms with Gasteiger partial charge in [-0.25, -0.2) is 15.0 Å². The van der Waals surface area contributed by atoms with Crippen molar-refractivity contribution in [3.63, 3.8) is 0 Å². The van der Waals surface area contributed by atoms with Crippen molar-refractivity contribution in [3.8, 4) is 0 Å². The molecule has 1 saturated heterocycles. The molecule has 1 amide bonds. The Morgan fingerprint density at radius 2 is 1.66 bits per heavy atom. The minimum atomic E-state index is -0.252.